The van der Waals surface area contributed by atoms with Crippen LogP contribution in [0.3, 0.4) is 0 Å². The predicted molar refractivity (Wildman–Crippen MR) is 118 cm³/mol. The number of rotatable bonds is 8. The molecular formula is C24H34N4O3. The number of hydrogen-bond donors (Lipinski definition) is 1. The van der Waals surface area contributed by atoms with Gasteiger partial charge in [-0.15, -0.1) is 0 Å². The molecule has 0 unspecified atom stereocenters. The average Bonchev–Trinajstić information content (AvgIpc) is 3.23. The van der Waals surface area contributed by atoms with Crippen molar-refractivity contribution >= 4 is 5.91 Å². The Bertz CT molecular complexity index is 819. The Morgan fingerprint density at radius 3 is 2.81 bits per heavy atom. The van der Waals surface area contributed by atoms with E-state index in [1.54, 1.807) is 0 Å². The van der Waals surface area contributed by atoms with Gasteiger partial charge < -0.3 is 19.5 Å². The third kappa shape index (κ3) is 6.38. The molecule has 0 radical (unpaired) electrons. The molecule has 0 bridgehead atoms. The molecule has 168 valence electrons. The molecule has 7 nitrogen and oxygen atoms in total. The van der Waals surface area contributed by atoms with Gasteiger partial charge in [-0.2, -0.15) is 0 Å². The van der Waals surface area contributed by atoms with Crippen molar-refractivity contribution < 1.29 is 14.1 Å². The molecule has 0 spiro atoms. The van der Waals surface area contributed by atoms with Gasteiger partial charge in [0.05, 0.1) is 25.5 Å². The zero-order valence-electron chi connectivity index (χ0n) is 18.5. The topological polar surface area (TPSA) is 70.8 Å². The highest BCUT2D eigenvalue weighted by Crippen LogP contribution is 2.27. The highest BCUT2D eigenvalue weighted by Gasteiger charge is 2.30. The van der Waals surface area contributed by atoms with Crippen molar-refractivity contribution in [3.8, 4) is 0 Å². The first-order valence-electron chi connectivity index (χ1n) is 11.4. The van der Waals surface area contributed by atoms with Crippen LogP contribution in [0.1, 0.15) is 29.9 Å². The standard InChI is InChI=1S/C24H34N4O3/c1-27(17-19-5-3-2-4-6-19)18-23-15-22(26-31-23)13-21-16-25-8-7-20(21)14-24(29)28-9-11-30-12-10-28/h2-6,15,20-21,25H,7-14,16-18H2,1H3/t20-,21-/m0/s1. The summed E-state index contributed by atoms with van der Waals surface area (Å²) in [4.78, 5) is 16.9. The number of morpholine rings is 1. The fourth-order valence-electron chi connectivity index (χ4n) is 4.66. The summed E-state index contributed by atoms with van der Waals surface area (Å²) in [5.74, 6) is 1.94. The van der Waals surface area contributed by atoms with Crippen LogP contribution < -0.4 is 5.32 Å². The Hall–Kier alpha value is -2.22. The van der Waals surface area contributed by atoms with Crippen LogP contribution in [0.2, 0.25) is 0 Å². The van der Waals surface area contributed by atoms with Crippen molar-refractivity contribution in [2.45, 2.75) is 32.4 Å². The SMILES string of the molecule is CN(Cc1ccccc1)Cc1cc(C[C@H]2CNCC[C@H]2CC(=O)N2CCOCC2)no1. The molecular weight excluding hydrogens is 392 g/mol. The molecule has 7 heteroatoms. The van der Waals surface area contributed by atoms with E-state index in [0.29, 0.717) is 31.5 Å². The van der Waals surface area contributed by atoms with Gasteiger partial charge in [-0.3, -0.25) is 9.69 Å². The number of carbonyl (C=O) groups excluding carboxylic acids is 1. The van der Waals surface area contributed by atoms with Gasteiger partial charge in [-0.25, -0.2) is 0 Å². The molecule has 0 saturated carbocycles. The highest BCUT2D eigenvalue weighted by atomic mass is 16.5. The Morgan fingerprint density at radius 1 is 1.19 bits per heavy atom. The molecule has 2 atom stereocenters. The fourth-order valence-corrected chi connectivity index (χ4v) is 4.66. The Labute approximate surface area is 184 Å². The van der Waals surface area contributed by atoms with E-state index in [2.05, 4.69) is 52.8 Å². The van der Waals surface area contributed by atoms with Crippen molar-refractivity contribution in [2.75, 3.05) is 46.4 Å². The molecule has 2 saturated heterocycles. The molecule has 2 fully saturated rings. The van der Waals surface area contributed by atoms with Crippen LogP contribution in [0.5, 0.6) is 0 Å². The summed E-state index contributed by atoms with van der Waals surface area (Å²) in [5.41, 5.74) is 2.27. The average molecular weight is 427 g/mol. The first-order chi connectivity index (χ1) is 15.2. The molecule has 1 N–H and O–H groups in total. The maximum absolute atomic E-state index is 12.8. The molecule has 2 aliphatic heterocycles. The normalized spacial score (nSPS) is 22.1. The van der Waals surface area contributed by atoms with E-state index in [-0.39, 0.29) is 5.91 Å². The maximum atomic E-state index is 12.8. The number of hydrogen-bond acceptors (Lipinski definition) is 6. The van der Waals surface area contributed by atoms with Crippen LogP contribution in [-0.4, -0.2) is 67.3 Å². The van der Waals surface area contributed by atoms with Crippen LogP contribution in [0.4, 0.5) is 0 Å². The predicted octanol–water partition coefficient (Wildman–Crippen LogP) is 2.32. The van der Waals surface area contributed by atoms with Crippen LogP contribution >= 0.6 is 0 Å². The summed E-state index contributed by atoms with van der Waals surface area (Å²) in [7, 11) is 2.09. The lowest BCUT2D eigenvalue weighted by molar-refractivity contribution is -0.136. The van der Waals surface area contributed by atoms with Crippen LogP contribution in [-0.2, 0) is 29.0 Å². The van der Waals surface area contributed by atoms with E-state index >= 15 is 0 Å². The molecule has 2 aliphatic rings. The molecule has 4 rings (SSSR count). The van der Waals surface area contributed by atoms with Gasteiger partial charge in [-0.1, -0.05) is 35.5 Å². The number of carbonyl (C=O) groups is 1. The number of nitrogens with zero attached hydrogens (tertiary/aromatic N) is 3. The van der Waals surface area contributed by atoms with Gasteiger partial charge in [0.2, 0.25) is 5.91 Å². The van der Waals surface area contributed by atoms with Gasteiger partial charge in [0.1, 0.15) is 0 Å². The van der Waals surface area contributed by atoms with Gasteiger partial charge >= 0.3 is 0 Å². The minimum atomic E-state index is 0.267. The molecule has 0 aliphatic carbocycles. The molecule has 3 heterocycles. The summed E-state index contributed by atoms with van der Waals surface area (Å²) in [5, 5.41) is 7.83. The Kier molecular flexibility index (Phi) is 7.72. The second-order valence-electron chi connectivity index (χ2n) is 8.86. The second kappa shape index (κ2) is 10.9. The Morgan fingerprint density at radius 2 is 2.00 bits per heavy atom. The first kappa shape index (κ1) is 22.0. The van der Waals surface area contributed by atoms with E-state index in [9.17, 15) is 4.79 Å². The summed E-state index contributed by atoms with van der Waals surface area (Å²) >= 11 is 0. The second-order valence-corrected chi connectivity index (χ2v) is 8.86. The number of aromatic nitrogens is 1. The number of ether oxygens (including phenoxy) is 1. The number of amides is 1. The van der Waals surface area contributed by atoms with Crippen LogP contribution in [0, 0.1) is 11.8 Å². The van der Waals surface area contributed by atoms with Gasteiger partial charge in [0.15, 0.2) is 5.76 Å². The molecule has 1 aromatic carbocycles. The summed E-state index contributed by atoms with van der Waals surface area (Å²) < 4.78 is 11.0. The number of nitrogens with one attached hydrogen (secondary N) is 1. The monoisotopic (exact) mass is 426 g/mol. The largest absolute Gasteiger partial charge is 0.378 e. The molecule has 31 heavy (non-hydrogen) atoms. The minimum Gasteiger partial charge on any atom is -0.378 e. The van der Waals surface area contributed by atoms with Crippen molar-refractivity contribution in [2.24, 2.45) is 11.8 Å². The zero-order valence-corrected chi connectivity index (χ0v) is 18.5. The van der Waals surface area contributed by atoms with Crippen molar-refractivity contribution in [1.82, 2.24) is 20.3 Å². The highest BCUT2D eigenvalue weighted by molar-refractivity contribution is 5.76. The van der Waals surface area contributed by atoms with Crippen LogP contribution in [0.25, 0.3) is 0 Å². The van der Waals surface area contributed by atoms with E-state index in [1.165, 1.54) is 5.56 Å². The van der Waals surface area contributed by atoms with E-state index in [1.807, 2.05) is 11.0 Å². The van der Waals surface area contributed by atoms with E-state index < -0.39 is 0 Å². The van der Waals surface area contributed by atoms with Gasteiger partial charge in [-0.05, 0) is 50.4 Å². The fraction of sp³-hybridized carbons (Fsp3) is 0.583. The first-order valence-corrected chi connectivity index (χ1v) is 11.4. The van der Waals surface area contributed by atoms with Gasteiger partial charge in [0.25, 0.3) is 0 Å². The van der Waals surface area contributed by atoms with E-state index in [4.69, 9.17) is 9.26 Å². The maximum Gasteiger partial charge on any atom is 0.223 e. The van der Waals surface area contributed by atoms with Crippen molar-refractivity contribution in [1.29, 1.82) is 0 Å². The smallest absolute Gasteiger partial charge is 0.223 e. The third-order valence-corrected chi connectivity index (χ3v) is 6.37. The summed E-state index contributed by atoms with van der Waals surface area (Å²) in [6, 6.07) is 12.5. The van der Waals surface area contributed by atoms with E-state index in [0.717, 1.165) is 63.6 Å². The lowest BCUT2D eigenvalue weighted by Gasteiger charge is -2.34. The quantitative estimate of drug-likeness (QED) is 0.699. The number of benzene rings is 1. The summed E-state index contributed by atoms with van der Waals surface area (Å²) in [6.45, 7) is 6.25. The van der Waals surface area contributed by atoms with Gasteiger partial charge in [0, 0.05) is 32.1 Å². The third-order valence-electron chi connectivity index (χ3n) is 6.37. The molecule has 2 aromatic rings. The Balaban J connectivity index is 1.30. The number of piperidine rings is 1. The molecule has 1 aromatic heterocycles. The zero-order chi connectivity index (χ0) is 21.5. The molecule has 1 amide bonds. The van der Waals surface area contributed by atoms with Crippen molar-refractivity contribution in [3.63, 3.8) is 0 Å². The minimum absolute atomic E-state index is 0.267. The summed E-state index contributed by atoms with van der Waals surface area (Å²) in [6.07, 6.45) is 2.50. The van der Waals surface area contributed by atoms with Crippen LogP contribution in [0.15, 0.2) is 40.9 Å². The lowest BCUT2D eigenvalue weighted by Crippen LogP contribution is -2.44. The van der Waals surface area contributed by atoms with Crippen molar-refractivity contribution in [3.05, 3.63) is 53.4 Å². The lowest BCUT2D eigenvalue weighted by atomic mass is 9.81.